The van der Waals surface area contributed by atoms with Gasteiger partial charge in [0.1, 0.15) is 11.3 Å². The zero-order chi connectivity index (χ0) is 23.6. The summed E-state index contributed by atoms with van der Waals surface area (Å²) in [5.41, 5.74) is 3.97. The monoisotopic (exact) mass is 460 g/mol. The molecule has 1 aromatic carbocycles. The predicted molar refractivity (Wildman–Crippen MR) is 127 cm³/mol. The molecule has 2 aliphatic heterocycles. The van der Waals surface area contributed by atoms with Gasteiger partial charge in [0, 0.05) is 53.8 Å². The second-order valence-electron chi connectivity index (χ2n) is 9.97. The summed E-state index contributed by atoms with van der Waals surface area (Å²) < 4.78 is 13.7. The number of rotatable bonds is 3. The number of likely N-dealkylation sites (tertiary alicyclic amines) is 1. The van der Waals surface area contributed by atoms with Gasteiger partial charge in [0.25, 0.3) is 11.5 Å². The minimum Gasteiger partial charge on any atom is -0.480 e. The number of piperidine rings is 1. The maximum absolute atomic E-state index is 13.4. The molecule has 0 spiro atoms. The van der Waals surface area contributed by atoms with E-state index in [1.165, 1.54) is 0 Å². The Morgan fingerprint density at radius 1 is 1.09 bits per heavy atom. The average Bonchev–Trinajstić information content (AvgIpc) is 3.32. The van der Waals surface area contributed by atoms with Gasteiger partial charge in [-0.05, 0) is 69.2 Å². The first-order valence-corrected chi connectivity index (χ1v) is 12.1. The number of carbonyl (C=O) groups excluding carboxylic acids is 1. The summed E-state index contributed by atoms with van der Waals surface area (Å²) in [6.07, 6.45) is 2.95. The molecule has 3 aliphatic rings. The molecule has 1 amide bonds. The molecule has 1 fully saturated rings. The standard InChI is InChI=1S/C27H28N2O5/c1-15-23(10-9-20-19-5-3-6-21(19)27(32)34-25(15)20)33-16(2)26(31)28-12-17-11-18(14-28)22-7-4-8-24(30)29(22)13-17/h4,7-10,16-18H,3,5-6,11-14H2,1-2H3/t16-,17-,18+/m1/s1. The number of aromatic nitrogens is 1. The molecule has 7 nitrogen and oxygen atoms in total. The Kier molecular flexibility index (Phi) is 4.90. The number of benzene rings is 1. The fourth-order valence-electron chi connectivity index (χ4n) is 6.17. The Bertz CT molecular complexity index is 1440. The molecule has 0 saturated carbocycles. The normalized spacial score (nSPS) is 21.8. The zero-order valence-corrected chi connectivity index (χ0v) is 19.5. The van der Waals surface area contributed by atoms with E-state index in [0.29, 0.717) is 31.0 Å². The van der Waals surface area contributed by atoms with Gasteiger partial charge in [-0.1, -0.05) is 6.07 Å². The highest BCUT2D eigenvalue weighted by Crippen LogP contribution is 2.36. The molecular weight excluding hydrogens is 432 g/mol. The number of amides is 1. The molecule has 6 rings (SSSR count). The molecule has 2 bridgehead atoms. The molecule has 1 saturated heterocycles. The number of hydrogen-bond acceptors (Lipinski definition) is 5. The van der Waals surface area contributed by atoms with Crippen molar-refractivity contribution >= 4 is 16.9 Å². The van der Waals surface area contributed by atoms with Gasteiger partial charge >= 0.3 is 5.63 Å². The Hall–Kier alpha value is -3.35. The van der Waals surface area contributed by atoms with Crippen LogP contribution in [0.1, 0.15) is 48.1 Å². The number of hydrogen-bond donors (Lipinski definition) is 0. The van der Waals surface area contributed by atoms with Gasteiger partial charge in [0.05, 0.1) is 0 Å². The van der Waals surface area contributed by atoms with E-state index in [1.807, 2.05) is 34.6 Å². The van der Waals surface area contributed by atoms with E-state index < -0.39 is 6.10 Å². The minimum absolute atomic E-state index is 0.0350. The van der Waals surface area contributed by atoms with Gasteiger partial charge in [-0.25, -0.2) is 4.79 Å². The number of pyridine rings is 1. The SMILES string of the molecule is Cc1c(O[C@H](C)C(=O)N2C[C@H]3C[C@@H](C2)c2cccc(=O)n2C3)ccc2c3c(c(=O)oc12)CCC3. The van der Waals surface area contributed by atoms with E-state index in [9.17, 15) is 14.4 Å². The first-order chi connectivity index (χ1) is 16.4. The molecule has 1 aliphatic carbocycles. The highest BCUT2D eigenvalue weighted by Gasteiger charge is 2.37. The molecule has 0 unspecified atom stereocenters. The molecular formula is C27H28N2O5. The van der Waals surface area contributed by atoms with Gasteiger partial charge in [-0.3, -0.25) is 9.59 Å². The van der Waals surface area contributed by atoms with Crippen LogP contribution in [-0.2, 0) is 24.2 Å². The lowest BCUT2D eigenvalue weighted by Crippen LogP contribution is -2.52. The van der Waals surface area contributed by atoms with E-state index in [2.05, 4.69) is 0 Å². The van der Waals surface area contributed by atoms with Crippen molar-refractivity contribution < 1.29 is 13.9 Å². The van der Waals surface area contributed by atoms with Gasteiger partial charge in [-0.15, -0.1) is 0 Å². The quantitative estimate of drug-likeness (QED) is 0.561. The van der Waals surface area contributed by atoms with Crippen molar-refractivity contribution in [3.63, 3.8) is 0 Å². The van der Waals surface area contributed by atoms with Crippen LogP contribution in [0.4, 0.5) is 0 Å². The van der Waals surface area contributed by atoms with Gasteiger partial charge < -0.3 is 18.6 Å². The summed E-state index contributed by atoms with van der Waals surface area (Å²) in [6.45, 7) is 5.51. The average molecular weight is 461 g/mol. The van der Waals surface area contributed by atoms with Crippen molar-refractivity contribution in [2.75, 3.05) is 13.1 Å². The smallest absolute Gasteiger partial charge is 0.339 e. The van der Waals surface area contributed by atoms with Crippen molar-refractivity contribution in [2.24, 2.45) is 5.92 Å². The largest absolute Gasteiger partial charge is 0.480 e. The van der Waals surface area contributed by atoms with Gasteiger partial charge in [0.15, 0.2) is 6.10 Å². The van der Waals surface area contributed by atoms with Crippen LogP contribution in [-0.4, -0.2) is 34.6 Å². The zero-order valence-electron chi connectivity index (χ0n) is 19.5. The molecule has 3 aromatic rings. The number of fused-ring (bicyclic) bond motifs is 7. The maximum atomic E-state index is 13.4. The van der Waals surface area contributed by atoms with Crippen molar-refractivity contribution in [1.29, 1.82) is 0 Å². The highest BCUT2D eigenvalue weighted by molar-refractivity contribution is 5.87. The summed E-state index contributed by atoms with van der Waals surface area (Å²) in [5, 5.41) is 0.966. The lowest BCUT2D eigenvalue weighted by atomic mass is 9.83. The first kappa shape index (κ1) is 21.2. The first-order valence-electron chi connectivity index (χ1n) is 12.1. The fourth-order valence-corrected chi connectivity index (χ4v) is 6.17. The Balaban J connectivity index is 1.24. The van der Waals surface area contributed by atoms with E-state index in [-0.39, 0.29) is 28.9 Å². The topological polar surface area (TPSA) is 81.8 Å². The van der Waals surface area contributed by atoms with Crippen LogP contribution >= 0.6 is 0 Å². The Morgan fingerprint density at radius 2 is 1.91 bits per heavy atom. The summed E-state index contributed by atoms with van der Waals surface area (Å²) in [5.74, 6) is 0.928. The second kappa shape index (κ2) is 7.86. The fraction of sp³-hybridized carbons (Fsp3) is 0.444. The highest BCUT2D eigenvalue weighted by atomic mass is 16.5. The van der Waals surface area contributed by atoms with E-state index >= 15 is 0 Å². The molecule has 3 atom stereocenters. The van der Waals surface area contributed by atoms with Crippen LogP contribution in [0.3, 0.4) is 0 Å². The number of aryl methyl sites for hydroxylation is 2. The van der Waals surface area contributed by atoms with E-state index in [1.54, 1.807) is 19.1 Å². The van der Waals surface area contributed by atoms with Crippen molar-refractivity contribution in [2.45, 2.75) is 58.1 Å². The second-order valence-corrected chi connectivity index (χ2v) is 9.97. The lowest BCUT2D eigenvalue weighted by Gasteiger charge is -2.43. The molecule has 2 aromatic heterocycles. The van der Waals surface area contributed by atoms with E-state index in [0.717, 1.165) is 53.5 Å². The third-order valence-electron chi connectivity index (χ3n) is 7.78. The van der Waals surface area contributed by atoms with Crippen LogP contribution in [0, 0.1) is 12.8 Å². The Morgan fingerprint density at radius 3 is 2.76 bits per heavy atom. The van der Waals surface area contributed by atoms with Crippen molar-refractivity contribution in [3.8, 4) is 5.75 Å². The van der Waals surface area contributed by atoms with E-state index in [4.69, 9.17) is 9.15 Å². The van der Waals surface area contributed by atoms with Crippen LogP contribution in [0.2, 0.25) is 0 Å². The summed E-state index contributed by atoms with van der Waals surface area (Å²) >= 11 is 0. The molecule has 4 heterocycles. The number of carbonyl (C=O) groups is 1. The van der Waals surface area contributed by atoms with Crippen molar-refractivity contribution in [3.05, 3.63) is 73.5 Å². The summed E-state index contributed by atoms with van der Waals surface area (Å²) in [6, 6.07) is 9.23. The molecule has 0 N–H and O–H groups in total. The third kappa shape index (κ3) is 3.29. The van der Waals surface area contributed by atoms with Gasteiger partial charge in [0.2, 0.25) is 0 Å². The summed E-state index contributed by atoms with van der Waals surface area (Å²) in [7, 11) is 0. The summed E-state index contributed by atoms with van der Waals surface area (Å²) in [4.78, 5) is 39.9. The van der Waals surface area contributed by atoms with Crippen LogP contribution in [0.5, 0.6) is 5.75 Å². The molecule has 7 heteroatoms. The minimum atomic E-state index is -0.672. The molecule has 34 heavy (non-hydrogen) atoms. The molecule has 0 radical (unpaired) electrons. The van der Waals surface area contributed by atoms with Crippen molar-refractivity contribution in [1.82, 2.24) is 9.47 Å². The predicted octanol–water partition coefficient (Wildman–Crippen LogP) is 3.17. The van der Waals surface area contributed by atoms with Crippen LogP contribution < -0.4 is 15.9 Å². The third-order valence-corrected chi connectivity index (χ3v) is 7.78. The van der Waals surface area contributed by atoms with Crippen LogP contribution in [0.15, 0.2) is 44.3 Å². The lowest BCUT2D eigenvalue weighted by molar-refractivity contribution is -0.140. The Labute approximate surface area is 196 Å². The maximum Gasteiger partial charge on any atom is 0.339 e. The molecule has 176 valence electrons. The van der Waals surface area contributed by atoms with Gasteiger partial charge in [-0.2, -0.15) is 0 Å². The van der Waals surface area contributed by atoms with Crippen LogP contribution in [0.25, 0.3) is 11.0 Å². The number of ether oxygens (including phenoxy) is 1. The number of nitrogens with zero attached hydrogens (tertiary/aromatic N) is 2.